The molecule has 1 aromatic heterocycles. The van der Waals surface area contributed by atoms with Crippen LogP contribution in [-0.4, -0.2) is 38.8 Å². The Morgan fingerprint density at radius 3 is 2.62 bits per heavy atom. The monoisotopic (exact) mass is 294 g/mol. The van der Waals surface area contributed by atoms with E-state index in [0.29, 0.717) is 17.9 Å². The zero-order valence-electron chi connectivity index (χ0n) is 12.9. The van der Waals surface area contributed by atoms with Crippen LogP contribution in [0.25, 0.3) is 0 Å². The SMILES string of the molecule is Cn1nc([C@@H]2CCCN2C(=O)OC(C)(C)C)cc1C(N)=O. The second kappa shape index (κ2) is 5.38. The number of nitrogens with two attached hydrogens (primary N) is 1. The van der Waals surface area contributed by atoms with Gasteiger partial charge in [-0.05, 0) is 39.7 Å². The van der Waals surface area contributed by atoms with E-state index in [2.05, 4.69) is 5.10 Å². The van der Waals surface area contributed by atoms with Crippen molar-refractivity contribution in [2.24, 2.45) is 12.8 Å². The molecule has 0 aromatic carbocycles. The van der Waals surface area contributed by atoms with Gasteiger partial charge in [0.25, 0.3) is 5.91 Å². The van der Waals surface area contributed by atoms with Gasteiger partial charge in [-0.2, -0.15) is 5.10 Å². The second-order valence-corrected chi connectivity index (χ2v) is 6.27. The molecule has 1 atom stereocenters. The molecule has 0 unspecified atom stereocenters. The molecular formula is C14H22N4O3. The zero-order chi connectivity index (χ0) is 15.8. The Kier molecular flexibility index (Phi) is 3.93. The quantitative estimate of drug-likeness (QED) is 0.896. The fraction of sp³-hybridized carbons (Fsp3) is 0.643. The third-order valence-electron chi connectivity index (χ3n) is 3.37. The minimum absolute atomic E-state index is 0.167. The molecule has 2 heterocycles. The minimum Gasteiger partial charge on any atom is -0.444 e. The predicted molar refractivity (Wildman–Crippen MR) is 76.6 cm³/mol. The first kappa shape index (κ1) is 15.3. The van der Waals surface area contributed by atoms with E-state index in [9.17, 15) is 9.59 Å². The Morgan fingerprint density at radius 1 is 1.43 bits per heavy atom. The summed E-state index contributed by atoms with van der Waals surface area (Å²) < 4.78 is 6.87. The van der Waals surface area contributed by atoms with Gasteiger partial charge in [0.1, 0.15) is 11.3 Å². The number of primary amides is 1. The number of aromatic nitrogens is 2. The Hall–Kier alpha value is -2.05. The van der Waals surface area contributed by atoms with Gasteiger partial charge in [0.15, 0.2) is 0 Å². The molecule has 0 aliphatic carbocycles. The number of nitrogens with zero attached hydrogens (tertiary/aromatic N) is 3. The van der Waals surface area contributed by atoms with Gasteiger partial charge in [0.2, 0.25) is 0 Å². The van der Waals surface area contributed by atoms with Crippen molar-refractivity contribution in [2.45, 2.75) is 45.3 Å². The van der Waals surface area contributed by atoms with Crippen LogP contribution in [0.5, 0.6) is 0 Å². The number of hydrogen-bond acceptors (Lipinski definition) is 4. The highest BCUT2D eigenvalue weighted by Crippen LogP contribution is 2.32. The Bertz CT molecular complexity index is 559. The van der Waals surface area contributed by atoms with Gasteiger partial charge in [0, 0.05) is 13.6 Å². The lowest BCUT2D eigenvalue weighted by Gasteiger charge is -2.27. The number of likely N-dealkylation sites (tertiary alicyclic amines) is 1. The summed E-state index contributed by atoms with van der Waals surface area (Å²) >= 11 is 0. The molecule has 0 spiro atoms. The predicted octanol–water partition coefficient (Wildman–Crippen LogP) is 1.59. The van der Waals surface area contributed by atoms with Crippen molar-refractivity contribution in [1.82, 2.24) is 14.7 Å². The lowest BCUT2D eigenvalue weighted by atomic mass is 10.1. The van der Waals surface area contributed by atoms with Crippen molar-refractivity contribution in [3.63, 3.8) is 0 Å². The van der Waals surface area contributed by atoms with Gasteiger partial charge < -0.3 is 10.5 Å². The fourth-order valence-electron chi connectivity index (χ4n) is 2.50. The number of ether oxygens (including phenoxy) is 1. The van der Waals surface area contributed by atoms with Crippen molar-refractivity contribution in [1.29, 1.82) is 0 Å². The number of rotatable bonds is 2. The van der Waals surface area contributed by atoms with Crippen molar-refractivity contribution in [3.05, 3.63) is 17.5 Å². The van der Waals surface area contributed by atoms with Crippen LogP contribution in [0, 0.1) is 0 Å². The molecule has 1 fully saturated rings. The van der Waals surface area contributed by atoms with Crippen molar-refractivity contribution in [2.75, 3.05) is 6.54 Å². The van der Waals surface area contributed by atoms with E-state index in [4.69, 9.17) is 10.5 Å². The van der Waals surface area contributed by atoms with Gasteiger partial charge in [0.05, 0.1) is 11.7 Å². The topological polar surface area (TPSA) is 90.4 Å². The molecule has 1 aliphatic rings. The fourth-order valence-corrected chi connectivity index (χ4v) is 2.50. The van der Waals surface area contributed by atoms with Crippen LogP contribution in [0.2, 0.25) is 0 Å². The Morgan fingerprint density at radius 2 is 2.10 bits per heavy atom. The van der Waals surface area contributed by atoms with Crippen LogP contribution >= 0.6 is 0 Å². The smallest absolute Gasteiger partial charge is 0.410 e. The molecule has 21 heavy (non-hydrogen) atoms. The van der Waals surface area contributed by atoms with E-state index in [0.717, 1.165) is 12.8 Å². The third-order valence-corrected chi connectivity index (χ3v) is 3.37. The summed E-state index contributed by atoms with van der Waals surface area (Å²) in [4.78, 5) is 25.2. The summed E-state index contributed by atoms with van der Waals surface area (Å²) in [5.74, 6) is -0.530. The molecule has 1 aromatic rings. The summed E-state index contributed by atoms with van der Waals surface area (Å²) in [6.45, 7) is 6.13. The first-order chi connectivity index (χ1) is 9.69. The maximum Gasteiger partial charge on any atom is 0.410 e. The van der Waals surface area contributed by atoms with Crippen LogP contribution in [-0.2, 0) is 11.8 Å². The van der Waals surface area contributed by atoms with Gasteiger partial charge in [-0.15, -0.1) is 0 Å². The van der Waals surface area contributed by atoms with Crippen molar-refractivity contribution < 1.29 is 14.3 Å². The first-order valence-corrected chi connectivity index (χ1v) is 7.02. The Balaban J connectivity index is 2.21. The molecular weight excluding hydrogens is 272 g/mol. The summed E-state index contributed by atoms with van der Waals surface area (Å²) in [5.41, 5.74) is 5.77. The van der Waals surface area contributed by atoms with Gasteiger partial charge in [-0.3, -0.25) is 14.4 Å². The lowest BCUT2D eigenvalue weighted by Crippen LogP contribution is -2.36. The molecule has 0 saturated carbocycles. The number of hydrogen-bond donors (Lipinski definition) is 1. The standard InChI is InChI=1S/C14H22N4O3/c1-14(2,3)21-13(20)18-7-5-6-10(18)9-8-11(12(15)19)17(4)16-9/h8,10H,5-7H2,1-4H3,(H2,15,19)/t10-/m0/s1. The maximum atomic E-state index is 12.2. The normalized spacial score (nSPS) is 18.9. The Labute approximate surface area is 124 Å². The molecule has 0 bridgehead atoms. The number of carbonyl (C=O) groups is 2. The molecule has 1 aliphatic heterocycles. The summed E-state index contributed by atoms with van der Waals surface area (Å²) in [7, 11) is 1.66. The van der Waals surface area contributed by atoms with E-state index < -0.39 is 11.5 Å². The third kappa shape index (κ3) is 3.34. The second-order valence-electron chi connectivity index (χ2n) is 6.27. The number of carbonyl (C=O) groups excluding carboxylic acids is 2. The molecule has 7 heteroatoms. The number of amides is 2. The van der Waals surface area contributed by atoms with Crippen molar-refractivity contribution in [3.8, 4) is 0 Å². The average Bonchev–Trinajstić information content (AvgIpc) is 2.91. The molecule has 116 valence electrons. The highest BCUT2D eigenvalue weighted by molar-refractivity contribution is 5.91. The highest BCUT2D eigenvalue weighted by Gasteiger charge is 2.35. The lowest BCUT2D eigenvalue weighted by molar-refractivity contribution is 0.0221. The number of aryl methyl sites for hydroxylation is 1. The zero-order valence-corrected chi connectivity index (χ0v) is 12.9. The van der Waals surface area contributed by atoms with Crippen LogP contribution in [0.3, 0.4) is 0 Å². The van der Waals surface area contributed by atoms with Crippen LogP contribution < -0.4 is 5.73 Å². The van der Waals surface area contributed by atoms with Gasteiger partial charge in [-0.1, -0.05) is 0 Å². The largest absolute Gasteiger partial charge is 0.444 e. The molecule has 7 nitrogen and oxygen atoms in total. The van der Waals surface area contributed by atoms with E-state index in [1.165, 1.54) is 4.68 Å². The van der Waals surface area contributed by atoms with Gasteiger partial charge >= 0.3 is 6.09 Å². The van der Waals surface area contributed by atoms with E-state index in [-0.39, 0.29) is 12.1 Å². The maximum absolute atomic E-state index is 12.2. The molecule has 1 saturated heterocycles. The van der Waals surface area contributed by atoms with Crippen molar-refractivity contribution >= 4 is 12.0 Å². The molecule has 2 N–H and O–H groups in total. The summed E-state index contributed by atoms with van der Waals surface area (Å²) in [6.07, 6.45) is 1.33. The van der Waals surface area contributed by atoms with E-state index >= 15 is 0 Å². The highest BCUT2D eigenvalue weighted by atomic mass is 16.6. The average molecular weight is 294 g/mol. The first-order valence-electron chi connectivity index (χ1n) is 7.02. The van der Waals surface area contributed by atoms with Crippen LogP contribution in [0.4, 0.5) is 4.79 Å². The molecule has 0 radical (unpaired) electrons. The van der Waals surface area contributed by atoms with E-state index in [1.807, 2.05) is 20.8 Å². The molecule has 2 amide bonds. The minimum atomic E-state index is -0.535. The van der Waals surface area contributed by atoms with Crippen LogP contribution in [0.1, 0.15) is 55.8 Å². The van der Waals surface area contributed by atoms with E-state index in [1.54, 1.807) is 18.0 Å². The van der Waals surface area contributed by atoms with Gasteiger partial charge in [-0.25, -0.2) is 4.79 Å². The van der Waals surface area contributed by atoms with Crippen LogP contribution in [0.15, 0.2) is 6.07 Å². The molecule has 2 rings (SSSR count). The summed E-state index contributed by atoms with van der Waals surface area (Å²) in [5, 5.41) is 4.31. The summed E-state index contributed by atoms with van der Waals surface area (Å²) in [6, 6.07) is 1.48.